The fourth-order valence-electron chi connectivity index (χ4n) is 3.53. The number of rotatable bonds is 3. The predicted octanol–water partition coefficient (Wildman–Crippen LogP) is 1.13. The predicted molar refractivity (Wildman–Crippen MR) is 94.9 cm³/mol. The quantitative estimate of drug-likeness (QED) is 0.856. The van der Waals surface area contributed by atoms with Gasteiger partial charge >= 0.3 is 0 Å². The Hall–Kier alpha value is -1.60. The number of carbonyl (C=O) groups excluding carboxylic acids is 1. The third-order valence-corrected chi connectivity index (χ3v) is 6.10. The summed E-state index contributed by atoms with van der Waals surface area (Å²) in [5, 5.41) is 6.45. The summed E-state index contributed by atoms with van der Waals surface area (Å²) in [5.74, 6) is 0.328. The zero-order chi connectivity index (χ0) is 17.3. The van der Waals surface area contributed by atoms with Crippen LogP contribution in [-0.4, -0.2) is 46.3 Å². The first-order valence-corrected chi connectivity index (χ1v) is 10.3. The summed E-state index contributed by atoms with van der Waals surface area (Å²) in [5.41, 5.74) is 2.24. The molecule has 0 saturated carbocycles. The van der Waals surface area contributed by atoms with E-state index >= 15 is 0 Å². The van der Waals surface area contributed by atoms with Crippen LogP contribution in [0.2, 0.25) is 0 Å². The van der Waals surface area contributed by atoms with Crippen LogP contribution < -0.4 is 14.9 Å². The molecular weight excluding hydrogens is 326 g/mol. The summed E-state index contributed by atoms with van der Waals surface area (Å²) in [6.07, 6.45) is 3.73. The molecule has 2 heterocycles. The van der Waals surface area contributed by atoms with Gasteiger partial charge in [0, 0.05) is 18.2 Å². The van der Waals surface area contributed by atoms with Crippen LogP contribution in [-0.2, 0) is 16.4 Å². The molecule has 7 heteroatoms. The van der Waals surface area contributed by atoms with Gasteiger partial charge in [0.05, 0.1) is 11.9 Å². The zero-order valence-corrected chi connectivity index (χ0v) is 15.0. The molecule has 0 bridgehead atoms. The van der Waals surface area contributed by atoms with Crippen molar-refractivity contribution in [1.82, 2.24) is 10.6 Å². The Kier molecular flexibility index (Phi) is 4.83. The van der Waals surface area contributed by atoms with Crippen LogP contribution >= 0.6 is 0 Å². The highest BCUT2D eigenvalue weighted by Gasteiger charge is 2.26. The van der Waals surface area contributed by atoms with Crippen LogP contribution in [0.25, 0.3) is 0 Å². The van der Waals surface area contributed by atoms with Gasteiger partial charge in [-0.3, -0.25) is 9.10 Å². The van der Waals surface area contributed by atoms with Gasteiger partial charge in [0.1, 0.15) is 0 Å². The highest BCUT2D eigenvalue weighted by Crippen LogP contribution is 2.30. The molecule has 1 amide bonds. The summed E-state index contributed by atoms with van der Waals surface area (Å²) in [6, 6.07) is 5.51. The van der Waals surface area contributed by atoms with Crippen molar-refractivity contribution in [3.05, 3.63) is 29.3 Å². The molecule has 6 nitrogen and oxygen atoms in total. The molecule has 1 fully saturated rings. The Morgan fingerprint density at radius 1 is 1.38 bits per heavy atom. The van der Waals surface area contributed by atoms with E-state index in [0.29, 0.717) is 23.7 Å². The SMILES string of the molecule is CC1CNCCC1NC(=O)c1ccc2c(c1)CCCN2S(C)(=O)=O. The van der Waals surface area contributed by atoms with Gasteiger partial charge in [0.15, 0.2) is 0 Å². The molecule has 24 heavy (non-hydrogen) atoms. The van der Waals surface area contributed by atoms with E-state index in [4.69, 9.17) is 0 Å². The standard InChI is InChI=1S/C17H25N3O3S/c1-12-11-18-8-7-15(12)19-17(21)14-5-6-16-13(10-14)4-3-9-20(16)24(2,22)23/h5-6,10,12,15,18H,3-4,7-9,11H2,1-2H3,(H,19,21). The first kappa shape index (κ1) is 17.2. The Balaban J connectivity index is 1.79. The van der Waals surface area contributed by atoms with Gasteiger partial charge in [-0.15, -0.1) is 0 Å². The number of aryl methyl sites for hydroxylation is 1. The minimum absolute atomic E-state index is 0.0759. The number of nitrogens with zero attached hydrogens (tertiary/aromatic N) is 1. The van der Waals surface area contributed by atoms with Gasteiger partial charge in [-0.1, -0.05) is 6.92 Å². The molecule has 1 saturated heterocycles. The molecule has 0 spiro atoms. The lowest BCUT2D eigenvalue weighted by atomic mass is 9.94. The number of piperidine rings is 1. The first-order valence-electron chi connectivity index (χ1n) is 8.48. The lowest BCUT2D eigenvalue weighted by Crippen LogP contribution is -2.48. The summed E-state index contributed by atoms with van der Waals surface area (Å²) in [4.78, 5) is 12.6. The zero-order valence-electron chi connectivity index (χ0n) is 14.2. The number of anilines is 1. The van der Waals surface area contributed by atoms with E-state index in [-0.39, 0.29) is 11.9 Å². The molecular formula is C17H25N3O3S. The molecule has 1 aromatic carbocycles. The maximum Gasteiger partial charge on any atom is 0.251 e. The maximum absolute atomic E-state index is 12.6. The fraction of sp³-hybridized carbons (Fsp3) is 0.588. The normalized spacial score (nSPS) is 24.3. The largest absolute Gasteiger partial charge is 0.349 e. The van der Waals surface area contributed by atoms with Gasteiger partial charge in [-0.25, -0.2) is 8.42 Å². The summed E-state index contributed by atoms with van der Waals surface area (Å²) >= 11 is 0. The molecule has 0 aromatic heterocycles. The highest BCUT2D eigenvalue weighted by atomic mass is 32.2. The van der Waals surface area contributed by atoms with Crippen LogP contribution in [0.4, 0.5) is 5.69 Å². The Labute approximate surface area is 143 Å². The van der Waals surface area contributed by atoms with Crippen LogP contribution in [0.15, 0.2) is 18.2 Å². The number of carbonyl (C=O) groups is 1. The summed E-state index contributed by atoms with van der Waals surface area (Å²) in [6.45, 7) is 4.47. The van der Waals surface area contributed by atoms with Crippen molar-refractivity contribution in [3.8, 4) is 0 Å². The number of nitrogens with one attached hydrogen (secondary N) is 2. The number of benzene rings is 1. The minimum atomic E-state index is -3.28. The fourth-order valence-corrected chi connectivity index (χ4v) is 4.52. The molecule has 3 rings (SSSR count). The lowest BCUT2D eigenvalue weighted by Gasteiger charge is -2.31. The number of amides is 1. The Morgan fingerprint density at radius 3 is 2.88 bits per heavy atom. The van der Waals surface area contributed by atoms with E-state index in [1.165, 1.54) is 10.6 Å². The minimum Gasteiger partial charge on any atom is -0.349 e. The Morgan fingerprint density at radius 2 is 2.17 bits per heavy atom. The van der Waals surface area contributed by atoms with E-state index in [2.05, 4.69) is 17.6 Å². The molecule has 0 radical (unpaired) electrons. The van der Waals surface area contributed by atoms with Gasteiger partial charge in [-0.05, 0) is 62.0 Å². The molecule has 2 aliphatic rings. The van der Waals surface area contributed by atoms with E-state index in [0.717, 1.165) is 37.9 Å². The van der Waals surface area contributed by atoms with Crippen molar-refractivity contribution >= 4 is 21.6 Å². The molecule has 0 aliphatic carbocycles. The number of fused-ring (bicyclic) bond motifs is 1. The smallest absolute Gasteiger partial charge is 0.251 e. The van der Waals surface area contributed by atoms with Crippen molar-refractivity contribution in [3.63, 3.8) is 0 Å². The van der Waals surface area contributed by atoms with Gasteiger partial charge < -0.3 is 10.6 Å². The van der Waals surface area contributed by atoms with Gasteiger partial charge in [-0.2, -0.15) is 0 Å². The van der Waals surface area contributed by atoms with E-state index in [9.17, 15) is 13.2 Å². The molecule has 2 N–H and O–H groups in total. The number of sulfonamides is 1. The molecule has 1 aromatic rings. The van der Waals surface area contributed by atoms with Crippen molar-refractivity contribution in [1.29, 1.82) is 0 Å². The maximum atomic E-state index is 12.6. The molecule has 2 aliphatic heterocycles. The van der Waals surface area contributed by atoms with Crippen molar-refractivity contribution < 1.29 is 13.2 Å². The van der Waals surface area contributed by atoms with E-state index in [1.807, 2.05) is 6.07 Å². The first-order chi connectivity index (χ1) is 11.4. The highest BCUT2D eigenvalue weighted by molar-refractivity contribution is 7.92. The van der Waals surface area contributed by atoms with Crippen LogP contribution in [0, 0.1) is 5.92 Å². The third kappa shape index (κ3) is 3.57. The van der Waals surface area contributed by atoms with Crippen molar-refractivity contribution in [2.24, 2.45) is 5.92 Å². The number of hydrogen-bond acceptors (Lipinski definition) is 4. The lowest BCUT2D eigenvalue weighted by molar-refractivity contribution is 0.0914. The van der Waals surface area contributed by atoms with Crippen LogP contribution in [0.5, 0.6) is 0 Å². The second-order valence-electron chi connectivity index (χ2n) is 6.83. The molecule has 2 atom stereocenters. The molecule has 2 unspecified atom stereocenters. The third-order valence-electron chi connectivity index (χ3n) is 4.92. The average Bonchev–Trinajstić information content (AvgIpc) is 2.55. The Bertz CT molecular complexity index is 733. The van der Waals surface area contributed by atoms with E-state index in [1.54, 1.807) is 12.1 Å². The number of hydrogen-bond donors (Lipinski definition) is 2. The van der Waals surface area contributed by atoms with Crippen molar-refractivity contribution in [2.75, 3.05) is 30.2 Å². The average molecular weight is 351 g/mol. The van der Waals surface area contributed by atoms with Crippen LogP contribution in [0.3, 0.4) is 0 Å². The monoisotopic (exact) mass is 351 g/mol. The van der Waals surface area contributed by atoms with Gasteiger partial charge in [0.2, 0.25) is 10.0 Å². The second kappa shape index (κ2) is 6.72. The van der Waals surface area contributed by atoms with E-state index < -0.39 is 10.0 Å². The summed E-state index contributed by atoms with van der Waals surface area (Å²) in [7, 11) is -3.28. The molecule has 132 valence electrons. The van der Waals surface area contributed by atoms with Gasteiger partial charge in [0.25, 0.3) is 5.91 Å². The topological polar surface area (TPSA) is 78.5 Å². The van der Waals surface area contributed by atoms with Crippen molar-refractivity contribution in [2.45, 2.75) is 32.2 Å². The van der Waals surface area contributed by atoms with Crippen LogP contribution in [0.1, 0.15) is 35.7 Å². The second-order valence-corrected chi connectivity index (χ2v) is 8.74. The summed E-state index contributed by atoms with van der Waals surface area (Å²) < 4.78 is 25.2.